The number of aromatic nitrogens is 1. The zero-order valence-corrected chi connectivity index (χ0v) is 20.9. The monoisotopic (exact) mass is 555 g/mol. The fourth-order valence-electron chi connectivity index (χ4n) is 3.39. The van der Waals surface area contributed by atoms with Crippen molar-refractivity contribution >= 4 is 47.5 Å². The molecule has 10 heteroatoms. The Hall–Kier alpha value is -2.63. The second-order valence-corrected chi connectivity index (χ2v) is 7.76. The lowest BCUT2D eigenvalue weighted by molar-refractivity contribution is 0.250. The van der Waals surface area contributed by atoms with Gasteiger partial charge < -0.3 is 26.2 Å². The van der Waals surface area contributed by atoms with Gasteiger partial charge in [-0.3, -0.25) is 4.99 Å². The van der Waals surface area contributed by atoms with E-state index >= 15 is 0 Å². The molecule has 174 valence electrons. The van der Waals surface area contributed by atoms with Crippen LogP contribution in [0, 0.1) is 5.82 Å². The van der Waals surface area contributed by atoms with Crippen LogP contribution in [0.1, 0.15) is 25.8 Å². The number of hydrogen-bond donors (Lipinski definition) is 4. The maximum absolute atomic E-state index is 14.0. The Kier molecular flexibility index (Phi) is 9.95. The van der Waals surface area contributed by atoms with Gasteiger partial charge in [-0.1, -0.05) is 12.1 Å². The number of rotatable bonds is 6. The summed E-state index contributed by atoms with van der Waals surface area (Å²) in [5, 5.41) is 12.3. The molecule has 1 saturated heterocycles. The molecule has 1 aromatic carbocycles. The predicted molar refractivity (Wildman–Crippen MR) is 137 cm³/mol. The molecule has 1 aliphatic rings. The maximum atomic E-state index is 14.0. The molecule has 0 saturated carbocycles. The van der Waals surface area contributed by atoms with E-state index in [1.165, 1.54) is 6.07 Å². The summed E-state index contributed by atoms with van der Waals surface area (Å²) in [5.74, 6) is 0.780. The molecule has 2 aromatic rings. The summed E-state index contributed by atoms with van der Waals surface area (Å²) in [5.41, 5.74) is 1.79. The third kappa shape index (κ3) is 7.50. The first kappa shape index (κ1) is 25.6. The van der Waals surface area contributed by atoms with Gasteiger partial charge >= 0.3 is 6.03 Å². The molecule has 1 fully saturated rings. The van der Waals surface area contributed by atoms with Crippen molar-refractivity contribution in [1.82, 2.24) is 20.9 Å². The van der Waals surface area contributed by atoms with Crippen molar-refractivity contribution < 1.29 is 9.18 Å². The van der Waals surface area contributed by atoms with Crippen LogP contribution in [0.5, 0.6) is 0 Å². The minimum Gasteiger partial charge on any atom is -0.352 e. The minimum atomic E-state index is -0.301. The summed E-state index contributed by atoms with van der Waals surface area (Å²) in [6.07, 6.45) is 2.48. The molecule has 2 amide bonds. The number of benzene rings is 1. The van der Waals surface area contributed by atoms with E-state index in [9.17, 15) is 9.18 Å². The molecule has 4 N–H and O–H groups in total. The third-order valence-corrected chi connectivity index (χ3v) is 4.88. The lowest BCUT2D eigenvalue weighted by Gasteiger charge is -2.20. The minimum absolute atomic E-state index is 0. The standard InChI is InChI=1S/C22H30FN7O.HI/c1-15(2)27-22(31)29-17-8-6-16(7-9-17)13-26-21(24-3)28-18-10-12-30(14-18)20-19(23)5-4-11-25-20;/h4-9,11,15,18H,10,12-14H2,1-3H3,(H2,24,26,28)(H2,27,29,31);1H. The highest BCUT2D eigenvalue weighted by Crippen LogP contribution is 2.20. The number of nitrogens with one attached hydrogen (secondary N) is 4. The van der Waals surface area contributed by atoms with Gasteiger partial charge in [-0.2, -0.15) is 0 Å². The van der Waals surface area contributed by atoms with E-state index < -0.39 is 0 Å². The van der Waals surface area contributed by atoms with Crippen LogP contribution < -0.4 is 26.2 Å². The lowest BCUT2D eigenvalue weighted by Crippen LogP contribution is -2.44. The van der Waals surface area contributed by atoms with Gasteiger partial charge in [-0.25, -0.2) is 14.2 Å². The average molecular weight is 555 g/mol. The molecule has 1 aliphatic heterocycles. The molecular weight excluding hydrogens is 524 g/mol. The highest BCUT2D eigenvalue weighted by molar-refractivity contribution is 14.0. The SMILES string of the molecule is CN=C(NCc1ccc(NC(=O)NC(C)C)cc1)NC1CCN(c2ncccc2F)C1.I. The van der Waals surface area contributed by atoms with Crippen LogP contribution in [0.3, 0.4) is 0 Å². The number of anilines is 2. The van der Waals surface area contributed by atoms with E-state index in [0.717, 1.165) is 24.2 Å². The number of hydrogen-bond acceptors (Lipinski definition) is 4. The number of carbonyl (C=O) groups excluding carboxylic acids is 1. The first-order valence-electron chi connectivity index (χ1n) is 10.4. The highest BCUT2D eigenvalue weighted by Gasteiger charge is 2.25. The van der Waals surface area contributed by atoms with E-state index in [2.05, 4.69) is 31.2 Å². The quantitative estimate of drug-likeness (QED) is 0.250. The van der Waals surface area contributed by atoms with E-state index in [0.29, 0.717) is 24.9 Å². The summed E-state index contributed by atoms with van der Waals surface area (Å²) in [6.45, 7) is 5.81. The van der Waals surface area contributed by atoms with Gasteiger partial charge in [-0.15, -0.1) is 24.0 Å². The van der Waals surface area contributed by atoms with E-state index in [1.807, 2.05) is 43.0 Å². The zero-order chi connectivity index (χ0) is 22.2. The van der Waals surface area contributed by atoms with Gasteiger partial charge in [0, 0.05) is 50.6 Å². The van der Waals surface area contributed by atoms with Crippen molar-refractivity contribution in [2.45, 2.75) is 38.9 Å². The molecule has 1 atom stereocenters. The number of pyridine rings is 1. The number of carbonyl (C=O) groups is 1. The number of urea groups is 1. The number of amides is 2. The van der Waals surface area contributed by atoms with Gasteiger partial charge in [0.2, 0.25) is 0 Å². The largest absolute Gasteiger partial charge is 0.352 e. The second kappa shape index (κ2) is 12.4. The molecule has 3 rings (SSSR count). The Labute approximate surface area is 205 Å². The Balaban J connectivity index is 0.00000363. The molecule has 0 spiro atoms. The van der Waals surface area contributed by atoms with Crippen molar-refractivity contribution in [3.8, 4) is 0 Å². The predicted octanol–water partition coefficient (Wildman–Crippen LogP) is 3.31. The van der Waals surface area contributed by atoms with Crippen molar-refractivity contribution in [2.75, 3.05) is 30.4 Å². The lowest BCUT2D eigenvalue weighted by atomic mass is 10.2. The maximum Gasteiger partial charge on any atom is 0.319 e. The first-order valence-corrected chi connectivity index (χ1v) is 10.4. The van der Waals surface area contributed by atoms with Crippen molar-refractivity contribution in [3.63, 3.8) is 0 Å². The number of halogens is 2. The van der Waals surface area contributed by atoms with Crippen LogP contribution in [-0.4, -0.2) is 49.2 Å². The Morgan fingerprint density at radius 2 is 2.03 bits per heavy atom. The number of nitrogens with zero attached hydrogens (tertiary/aromatic N) is 3. The van der Waals surface area contributed by atoms with Gasteiger partial charge in [0.05, 0.1) is 0 Å². The smallest absolute Gasteiger partial charge is 0.319 e. The van der Waals surface area contributed by atoms with Gasteiger partial charge in [0.1, 0.15) is 0 Å². The highest BCUT2D eigenvalue weighted by atomic mass is 127. The summed E-state index contributed by atoms with van der Waals surface area (Å²) in [6, 6.07) is 10.7. The fourth-order valence-corrected chi connectivity index (χ4v) is 3.39. The second-order valence-electron chi connectivity index (χ2n) is 7.76. The molecule has 1 unspecified atom stereocenters. The molecule has 0 bridgehead atoms. The van der Waals surface area contributed by atoms with Crippen LogP contribution in [0.25, 0.3) is 0 Å². The summed E-state index contributed by atoms with van der Waals surface area (Å²) < 4.78 is 14.0. The van der Waals surface area contributed by atoms with Crippen LogP contribution in [-0.2, 0) is 6.54 Å². The average Bonchev–Trinajstić information content (AvgIpc) is 3.20. The van der Waals surface area contributed by atoms with Crippen molar-refractivity contribution in [2.24, 2.45) is 4.99 Å². The number of aliphatic imine (C=N–C) groups is 1. The molecule has 0 aliphatic carbocycles. The summed E-state index contributed by atoms with van der Waals surface area (Å²) >= 11 is 0. The molecule has 8 nitrogen and oxygen atoms in total. The van der Waals surface area contributed by atoms with E-state index in [4.69, 9.17) is 0 Å². The topological polar surface area (TPSA) is 93.7 Å². The summed E-state index contributed by atoms with van der Waals surface area (Å²) in [4.78, 5) is 22.2. The normalized spacial score (nSPS) is 15.8. The van der Waals surface area contributed by atoms with Crippen molar-refractivity contribution in [1.29, 1.82) is 0 Å². The Bertz CT molecular complexity index is 907. The first-order chi connectivity index (χ1) is 14.9. The van der Waals surface area contributed by atoms with E-state index in [-0.39, 0.29) is 47.9 Å². The zero-order valence-electron chi connectivity index (χ0n) is 18.6. The van der Waals surface area contributed by atoms with Crippen LogP contribution in [0.4, 0.5) is 20.7 Å². The third-order valence-electron chi connectivity index (χ3n) is 4.88. The Morgan fingerprint density at radius 1 is 1.28 bits per heavy atom. The van der Waals surface area contributed by atoms with Crippen LogP contribution >= 0.6 is 24.0 Å². The van der Waals surface area contributed by atoms with Crippen LogP contribution in [0.15, 0.2) is 47.6 Å². The van der Waals surface area contributed by atoms with Gasteiger partial charge in [0.25, 0.3) is 0 Å². The van der Waals surface area contributed by atoms with E-state index in [1.54, 1.807) is 19.3 Å². The van der Waals surface area contributed by atoms with Crippen LogP contribution in [0.2, 0.25) is 0 Å². The number of guanidine groups is 1. The Morgan fingerprint density at radius 3 is 2.69 bits per heavy atom. The molecular formula is C22H31FIN7O. The molecule has 1 aromatic heterocycles. The van der Waals surface area contributed by atoms with Crippen molar-refractivity contribution in [3.05, 3.63) is 54.0 Å². The summed E-state index contributed by atoms with van der Waals surface area (Å²) in [7, 11) is 1.72. The van der Waals surface area contributed by atoms with Gasteiger partial charge in [-0.05, 0) is 50.1 Å². The van der Waals surface area contributed by atoms with Gasteiger partial charge in [0.15, 0.2) is 17.6 Å². The molecule has 2 heterocycles. The fraction of sp³-hybridized carbons (Fsp3) is 0.409. The molecule has 32 heavy (non-hydrogen) atoms. The molecule has 0 radical (unpaired) electrons.